The first-order valence-electron chi connectivity index (χ1n) is 9.91. The van der Waals surface area contributed by atoms with Crippen LogP contribution in [0.4, 0.5) is 4.79 Å². The van der Waals surface area contributed by atoms with Gasteiger partial charge in [-0.3, -0.25) is 9.67 Å². The van der Waals surface area contributed by atoms with Crippen LogP contribution in [0.1, 0.15) is 43.6 Å². The van der Waals surface area contributed by atoms with E-state index in [0.717, 1.165) is 37.5 Å². The zero-order valence-electron chi connectivity index (χ0n) is 17.3. The van der Waals surface area contributed by atoms with Crippen molar-refractivity contribution in [1.82, 2.24) is 25.3 Å². The van der Waals surface area contributed by atoms with Gasteiger partial charge < -0.3 is 20.3 Å². The summed E-state index contributed by atoms with van der Waals surface area (Å²) in [5, 5.41) is 11.3. The van der Waals surface area contributed by atoms with E-state index in [1.54, 1.807) is 4.90 Å². The van der Waals surface area contributed by atoms with E-state index in [2.05, 4.69) is 29.6 Å². The van der Waals surface area contributed by atoms with Crippen LogP contribution < -0.4 is 10.6 Å². The van der Waals surface area contributed by atoms with Gasteiger partial charge in [-0.2, -0.15) is 5.10 Å². The molecule has 1 aliphatic rings. The first-order valence-corrected chi connectivity index (χ1v) is 9.91. The van der Waals surface area contributed by atoms with E-state index in [1.165, 1.54) is 11.3 Å². The molecule has 1 saturated heterocycles. The number of ether oxygens (including phenoxy) is 1. The van der Waals surface area contributed by atoms with Crippen molar-refractivity contribution in [2.45, 2.75) is 53.0 Å². The number of aromatic nitrogens is 2. The highest BCUT2D eigenvalue weighted by Crippen LogP contribution is 2.13. The molecule has 0 unspecified atom stereocenters. The van der Waals surface area contributed by atoms with Crippen molar-refractivity contribution in [3.63, 3.8) is 0 Å². The molecule has 0 aliphatic carbocycles. The second-order valence-electron chi connectivity index (χ2n) is 6.89. The monoisotopic (exact) mass is 378 g/mol. The highest BCUT2D eigenvalue weighted by molar-refractivity contribution is 5.80. The van der Waals surface area contributed by atoms with E-state index in [1.807, 2.05) is 25.6 Å². The SMILES string of the molecule is CCNC(=NCCc1c(C)nn(C)c1C)NC1CCN(C(=O)OCC)CC1. The van der Waals surface area contributed by atoms with Gasteiger partial charge in [0.05, 0.1) is 12.3 Å². The molecule has 2 heterocycles. The van der Waals surface area contributed by atoms with Gasteiger partial charge in [0, 0.05) is 45.0 Å². The Morgan fingerprint density at radius 1 is 1.30 bits per heavy atom. The molecule has 0 aromatic carbocycles. The number of hydrogen-bond acceptors (Lipinski definition) is 4. The van der Waals surface area contributed by atoms with Crippen LogP contribution in [0, 0.1) is 13.8 Å². The lowest BCUT2D eigenvalue weighted by Crippen LogP contribution is -2.50. The molecule has 1 aromatic rings. The van der Waals surface area contributed by atoms with Gasteiger partial charge in [-0.1, -0.05) is 0 Å². The number of piperidine rings is 1. The molecule has 1 aromatic heterocycles. The molecule has 0 saturated carbocycles. The minimum atomic E-state index is -0.210. The molecule has 1 amide bonds. The van der Waals surface area contributed by atoms with Crippen molar-refractivity contribution in [2.24, 2.45) is 12.0 Å². The van der Waals surface area contributed by atoms with Crippen molar-refractivity contribution >= 4 is 12.1 Å². The van der Waals surface area contributed by atoms with Crippen molar-refractivity contribution in [3.8, 4) is 0 Å². The second-order valence-corrected chi connectivity index (χ2v) is 6.89. The third kappa shape index (κ3) is 5.87. The molecule has 0 atom stereocenters. The number of nitrogens with zero attached hydrogens (tertiary/aromatic N) is 4. The molecule has 152 valence electrons. The van der Waals surface area contributed by atoms with E-state index in [-0.39, 0.29) is 6.09 Å². The number of amides is 1. The lowest BCUT2D eigenvalue weighted by atomic mass is 10.1. The predicted octanol–water partition coefficient (Wildman–Crippen LogP) is 1.76. The zero-order valence-corrected chi connectivity index (χ0v) is 17.3. The Bertz CT molecular complexity index is 647. The van der Waals surface area contributed by atoms with Gasteiger partial charge in [-0.05, 0) is 52.5 Å². The summed E-state index contributed by atoms with van der Waals surface area (Å²) in [5.41, 5.74) is 3.56. The standard InChI is InChI=1S/C19H34N6O2/c1-6-20-18(21-11-8-17-14(3)23-24(5)15(17)4)22-16-9-12-25(13-10-16)19(26)27-7-2/h16H,6-13H2,1-5H3,(H2,20,21,22). The number of aryl methyl sites for hydroxylation is 2. The Labute approximate surface area is 162 Å². The van der Waals surface area contributed by atoms with Crippen LogP contribution in [0.25, 0.3) is 0 Å². The molecule has 0 spiro atoms. The van der Waals surface area contributed by atoms with Crippen LogP contribution in [0.15, 0.2) is 4.99 Å². The fourth-order valence-electron chi connectivity index (χ4n) is 3.39. The Morgan fingerprint density at radius 3 is 2.56 bits per heavy atom. The highest BCUT2D eigenvalue weighted by atomic mass is 16.6. The van der Waals surface area contributed by atoms with E-state index in [4.69, 9.17) is 9.73 Å². The van der Waals surface area contributed by atoms with Crippen molar-refractivity contribution in [3.05, 3.63) is 17.0 Å². The van der Waals surface area contributed by atoms with Crippen molar-refractivity contribution in [2.75, 3.05) is 32.8 Å². The summed E-state index contributed by atoms with van der Waals surface area (Å²) in [5.74, 6) is 0.839. The Kier molecular flexibility index (Phi) is 7.94. The van der Waals surface area contributed by atoms with Crippen LogP contribution in [-0.4, -0.2) is 65.6 Å². The van der Waals surface area contributed by atoms with Crippen molar-refractivity contribution < 1.29 is 9.53 Å². The Balaban J connectivity index is 1.86. The number of hydrogen-bond donors (Lipinski definition) is 2. The topological polar surface area (TPSA) is 83.8 Å². The number of carbonyl (C=O) groups is 1. The minimum Gasteiger partial charge on any atom is -0.450 e. The van der Waals surface area contributed by atoms with Crippen LogP contribution in [-0.2, 0) is 18.2 Å². The maximum atomic E-state index is 11.8. The van der Waals surface area contributed by atoms with Crippen LogP contribution in [0.5, 0.6) is 0 Å². The van der Waals surface area contributed by atoms with Crippen LogP contribution in [0.2, 0.25) is 0 Å². The molecule has 27 heavy (non-hydrogen) atoms. The zero-order chi connectivity index (χ0) is 19.8. The summed E-state index contributed by atoms with van der Waals surface area (Å²) in [4.78, 5) is 18.3. The lowest BCUT2D eigenvalue weighted by molar-refractivity contribution is 0.0963. The van der Waals surface area contributed by atoms with Gasteiger partial charge >= 0.3 is 6.09 Å². The second kappa shape index (κ2) is 10.2. The average molecular weight is 379 g/mol. The summed E-state index contributed by atoms with van der Waals surface area (Å²) in [6, 6.07) is 0.315. The number of likely N-dealkylation sites (tertiary alicyclic amines) is 1. The molecule has 2 N–H and O–H groups in total. The largest absolute Gasteiger partial charge is 0.450 e. The molecule has 8 heteroatoms. The molecule has 1 fully saturated rings. The normalized spacial score (nSPS) is 15.7. The molecule has 0 bridgehead atoms. The molecule has 1 aliphatic heterocycles. The van der Waals surface area contributed by atoms with E-state index in [9.17, 15) is 4.79 Å². The number of rotatable bonds is 6. The third-order valence-electron chi connectivity index (χ3n) is 5.00. The van der Waals surface area contributed by atoms with E-state index in [0.29, 0.717) is 32.3 Å². The van der Waals surface area contributed by atoms with E-state index >= 15 is 0 Å². The molecule has 8 nitrogen and oxygen atoms in total. The summed E-state index contributed by atoms with van der Waals surface area (Å²) < 4.78 is 7.00. The highest BCUT2D eigenvalue weighted by Gasteiger charge is 2.24. The molecule has 0 radical (unpaired) electrons. The van der Waals surface area contributed by atoms with Gasteiger partial charge in [0.2, 0.25) is 0 Å². The van der Waals surface area contributed by atoms with Gasteiger partial charge in [0.15, 0.2) is 5.96 Å². The van der Waals surface area contributed by atoms with E-state index < -0.39 is 0 Å². The minimum absolute atomic E-state index is 0.210. The summed E-state index contributed by atoms with van der Waals surface area (Å²) in [6.45, 7) is 11.4. The predicted molar refractivity (Wildman–Crippen MR) is 107 cm³/mol. The van der Waals surface area contributed by atoms with Gasteiger partial charge in [-0.15, -0.1) is 0 Å². The first kappa shape index (κ1) is 21.1. The number of aliphatic imine (C=N–C) groups is 1. The fraction of sp³-hybridized carbons (Fsp3) is 0.737. The van der Waals surface area contributed by atoms with Gasteiger partial charge in [-0.25, -0.2) is 4.79 Å². The lowest BCUT2D eigenvalue weighted by Gasteiger charge is -2.32. The number of nitrogens with one attached hydrogen (secondary N) is 2. The Hall–Kier alpha value is -2.25. The smallest absolute Gasteiger partial charge is 0.409 e. The van der Waals surface area contributed by atoms with Gasteiger partial charge in [0.1, 0.15) is 0 Å². The molecule has 2 rings (SSSR count). The fourth-order valence-corrected chi connectivity index (χ4v) is 3.39. The Morgan fingerprint density at radius 2 is 2.00 bits per heavy atom. The maximum absolute atomic E-state index is 11.8. The van der Waals surface area contributed by atoms with Gasteiger partial charge in [0.25, 0.3) is 0 Å². The summed E-state index contributed by atoms with van der Waals surface area (Å²) >= 11 is 0. The average Bonchev–Trinajstić information content (AvgIpc) is 2.88. The summed E-state index contributed by atoms with van der Waals surface area (Å²) in [6.07, 6.45) is 2.45. The van der Waals surface area contributed by atoms with Crippen LogP contribution >= 0.6 is 0 Å². The third-order valence-corrected chi connectivity index (χ3v) is 5.00. The van der Waals surface area contributed by atoms with Crippen LogP contribution in [0.3, 0.4) is 0 Å². The first-order chi connectivity index (χ1) is 13.0. The van der Waals surface area contributed by atoms with Crippen molar-refractivity contribution in [1.29, 1.82) is 0 Å². The number of carbonyl (C=O) groups excluding carboxylic acids is 1. The molecular formula is C19H34N6O2. The quantitative estimate of drug-likeness (QED) is 0.582. The maximum Gasteiger partial charge on any atom is 0.409 e. The summed E-state index contributed by atoms with van der Waals surface area (Å²) in [7, 11) is 1.98. The number of guanidine groups is 1. The molecular weight excluding hydrogens is 344 g/mol.